The molecule has 2 unspecified atom stereocenters. The molecule has 1 aromatic heterocycles. The number of unbranched alkanes of at least 4 members (excludes halogenated alkanes) is 3. The van der Waals surface area contributed by atoms with E-state index in [9.17, 15) is 4.39 Å². The minimum absolute atomic E-state index is 0.118. The molecule has 1 aromatic carbocycles. The number of nitrogens with zero attached hydrogens (tertiary/aromatic N) is 2. The molecule has 29 heavy (non-hydrogen) atoms. The second-order valence-electron chi connectivity index (χ2n) is 8.10. The number of benzene rings is 1. The molecule has 4 heteroatoms. The van der Waals surface area contributed by atoms with Gasteiger partial charge in [-0.25, -0.2) is 14.4 Å². The van der Waals surface area contributed by atoms with Gasteiger partial charge >= 0.3 is 0 Å². The number of ether oxygens (including phenoxy) is 1. The number of aryl methyl sites for hydroxylation is 1. The van der Waals surface area contributed by atoms with Crippen LogP contribution in [0.1, 0.15) is 77.7 Å². The molecule has 160 valence electrons. The van der Waals surface area contributed by atoms with Gasteiger partial charge in [0, 0.05) is 18.0 Å². The van der Waals surface area contributed by atoms with Crippen molar-refractivity contribution in [3.05, 3.63) is 42.2 Å². The maximum Gasteiger partial charge on any atom is 0.159 e. The summed E-state index contributed by atoms with van der Waals surface area (Å²) in [5.74, 6) is 2.18. The van der Waals surface area contributed by atoms with Crippen molar-refractivity contribution in [2.24, 2.45) is 5.92 Å². The number of rotatable bonds is 14. The Hall–Kier alpha value is -1.97. The van der Waals surface area contributed by atoms with E-state index in [1.54, 1.807) is 0 Å². The van der Waals surface area contributed by atoms with Gasteiger partial charge in [0.05, 0.1) is 0 Å². The zero-order valence-electron chi connectivity index (χ0n) is 18.4. The van der Waals surface area contributed by atoms with Gasteiger partial charge in [0.25, 0.3) is 0 Å². The summed E-state index contributed by atoms with van der Waals surface area (Å²) in [4.78, 5) is 9.02. The van der Waals surface area contributed by atoms with Crippen LogP contribution < -0.4 is 4.74 Å². The summed E-state index contributed by atoms with van der Waals surface area (Å²) in [7, 11) is 0. The van der Waals surface area contributed by atoms with Gasteiger partial charge in [0.2, 0.25) is 0 Å². The SMILES string of the molecule is CCCCCCC(F)COc1ccc(-c2ncc(CCCC(C)CC)cn2)cc1. The second-order valence-corrected chi connectivity index (χ2v) is 8.10. The van der Waals surface area contributed by atoms with E-state index in [1.165, 1.54) is 37.7 Å². The van der Waals surface area contributed by atoms with Crippen LogP contribution in [0.4, 0.5) is 4.39 Å². The number of hydrogen-bond donors (Lipinski definition) is 0. The fourth-order valence-corrected chi connectivity index (χ4v) is 3.25. The maximum absolute atomic E-state index is 13.9. The normalized spacial score (nSPS) is 13.2. The van der Waals surface area contributed by atoms with Crippen LogP contribution in [0, 0.1) is 5.92 Å². The molecule has 0 radical (unpaired) electrons. The molecule has 0 aliphatic rings. The Kier molecular flexibility index (Phi) is 10.7. The van der Waals surface area contributed by atoms with Crippen molar-refractivity contribution in [3.63, 3.8) is 0 Å². The van der Waals surface area contributed by atoms with Crippen LogP contribution in [0.5, 0.6) is 5.75 Å². The third kappa shape index (κ3) is 8.93. The molecule has 0 N–H and O–H groups in total. The molecule has 0 aliphatic carbocycles. The molecule has 3 nitrogen and oxygen atoms in total. The largest absolute Gasteiger partial charge is 0.491 e. The predicted molar refractivity (Wildman–Crippen MR) is 119 cm³/mol. The lowest BCUT2D eigenvalue weighted by Gasteiger charge is -2.11. The zero-order chi connectivity index (χ0) is 20.9. The van der Waals surface area contributed by atoms with Crippen LogP contribution in [0.2, 0.25) is 0 Å². The van der Waals surface area contributed by atoms with Crippen LogP contribution in [0.15, 0.2) is 36.7 Å². The monoisotopic (exact) mass is 400 g/mol. The van der Waals surface area contributed by atoms with Crippen molar-refractivity contribution in [1.82, 2.24) is 9.97 Å². The van der Waals surface area contributed by atoms with E-state index >= 15 is 0 Å². The Morgan fingerprint density at radius 2 is 1.66 bits per heavy atom. The minimum atomic E-state index is -0.900. The fourth-order valence-electron chi connectivity index (χ4n) is 3.25. The van der Waals surface area contributed by atoms with Gasteiger partial charge in [0.1, 0.15) is 18.5 Å². The van der Waals surface area contributed by atoms with Crippen LogP contribution in [0.3, 0.4) is 0 Å². The van der Waals surface area contributed by atoms with Crippen molar-refractivity contribution in [3.8, 4) is 17.1 Å². The first-order chi connectivity index (χ1) is 14.1. The lowest BCUT2D eigenvalue weighted by molar-refractivity contribution is 0.184. The lowest BCUT2D eigenvalue weighted by atomic mass is 10.0. The Labute approximate surface area is 176 Å². The molecular formula is C25H37FN2O. The minimum Gasteiger partial charge on any atom is -0.491 e. The summed E-state index contributed by atoms with van der Waals surface area (Å²) < 4.78 is 19.5. The van der Waals surface area contributed by atoms with E-state index in [0.717, 1.165) is 30.7 Å². The first-order valence-electron chi connectivity index (χ1n) is 11.3. The van der Waals surface area contributed by atoms with Gasteiger partial charge in [-0.15, -0.1) is 0 Å². The number of hydrogen-bond acceptors (Lipinski definition) is 3. The average molecular weight is 401 g/mol. The molecule has 0 amide bonds. The first kappa shape index (κ1) is 23.3. The third-order valence-corrected chi connectivity index (χ3v) is 5.48. The van der Waals surface area contributed by atoms with Gasteiger partial charge in [-0.05, 0) is 55.0 Å². The molecule has 2 aromatic rings. The highest BCUT2D eigenvalue weighted by atomic mass is 19.1. The lowest BCUT2D eigenvalue weighted by Crippen LogP contribution is -2.12. The molecule has 0 fully saturated rings. The van der Waals surface area contributed by atoms with Crippen LogP contribution >= 0.6 is 0 Å². The van der Waals surface area contributed by atoms with Crippen molar-refractivity contribution in [2.75, 3.05) is 6.61 Å². The smallest absolute Gasteiger partial charge is 0.159 e. The van der Waals surface area contributed by atoms with Crippen molar-refractivity contribution in [2.45, 2.75) is 84.7 Å². The van der Waals surface area contributed by atoms with E-state index in [4.69, 9.17) is 4.74 Å². The van der Waals surface area contributed by atoms with Crippen molar-refractivity contribution >= 4 is 0 Å². The van der Waals surface area contributed by atoms with Gasteiger partial charge in [-0.2, -0.15) is 0 Å². The molecule has 2 atom stereocenters. The van der Waals surface area contributed by atoms with Crippen LogP contribution in [-0.4, -0.2) is 22.7 Å². The number of alkyl halides is 1. The molecule has 0 saturated heterocycles. The van der Waals surface area contributed by atoms with E-state index in [-0.39, 0.29) is 6.61 Å². The van der Waals surface area contributed by atoms with Gasteiger partial charge < -0.3 is 4.74 Å². The maximum atomic E-state index is 13.9. The quantitative estimate of drug-likeness (QED) is 0.314. The fraction of sp³-hybridized carbons (Fsp3) is 0.600. The van der Waals surface area contributed by atoms with Crippen LogP contribution in [0.25, 0.3) is 11.4 Å². The molecular weight excluding hydrogens is 363 g/mol. The number of aromatic nitrogens is 2. The summed E-state index contributed by atoms with van der Waals surface area (Å²) in [6.07, 6.45) is 12.6. The third-order valence-electron chi connectivity index (χ3n) is 5.48. The molecule has 0 spiro atoms. The highest BCUT2D eigenvalue weighted by Gasteiger charge is 2.08. The summed E-state index contributed by atoms with van der Waals surface area (Å²) in [5.41, 5.74) is 2.13. The van der Waals surface area contributed by atoms with E-state index in [2.05, 4.69) is 30.7 Å². The van der Waals surface area contributed by atoms with E-state index in [1.807, 2.05) is 36.7 Å². The summed E-state index contributed by atoms with van der Waals surface area (Å²) in [6.45, 7) is 6.82. The molecule has 1 heterocycles. The second kappa shape index (κ2) is 13.3. The molecule has 2 rings (SSSR count). The molecule has 0 aliphatic heterocycles. The Balaban J connectivity index is 1.77. The van der Waals surface area contributed by atoms with Gasteiger partial charge in [0.15, 0.2) is 5.82 Å². The average Bonchev–Trinajstić information content (AvgIpc) is 2.76. The standard InChI is InChI=1S/C25H37FN2O/c1-4-6-7-8-12-23(26)19-29-24-15-13-22(14-16-24)25-27-17-21(18-28-25)11-9-10-20(3)5-2/h13-18,20,23H,4-12,19H2,1-3H3. The topological polar surface area (TPSA) is 35.0 Å². The summed E-state index contributed by atoms with van der Waals surface area (Å²) >= 11 is 0. The highest BCUT2D eigenvalue weighted by Crippen LogP contribution is 2.20. The van der Waals surface area contributed by atoms with E-state index < -0.39 is 6.17 Å². The van der Waals surface area contributed by atoms with Crippen molar-refractivity contribution < 1.29 is 9.13 Å². The Morgan fingerprint density at radius 3 is 2.31 bits per heavy atom. The van der Waals surface area contributed by atoms with Crippen LogP contribution in [-0.2, 0) is 6.42 Å². The van der Waals surface area contributed by atoms with Crippen molar-refractivity contribution in [1.29, 1.82) is 0 Å². The van der Waals surface area contributed by atoms with Gasteiger partial charge in [-0.1, -0.05) is 59.3 Å². The van der Waals surface area contributed by atoms with E-state index in [0.29, 0.717) is 18.0 Å². The van der Waals surface area contributed by atoms with Gasteiger partial charge in [-0.3, -0.25) is 0 Å². The zero-order valence-corrected chi connectivity index (χ0v) is 18.4. The number of halogens is 1. The summed E-state index contributed by atoms with van der Waals surface area (Å²) in [5, 5.41) is 0. The Bertz CT molecular complexity index is 672. The summed E-state index contributed by atoms with van der Waals surface area (Å²) in [6, 6.07) is 7.59. The Morgan fingerprint density at radius 1 is 0.931 bits per heavy atom. The predicted octanol–water partition coefficient (Wildman–Crippen LogP) is 7.20. The highest BCUT2D eigenvalue weighted by molar-refractivity contribution is 5.55. The first-order valence-corrected chi connectivity index (χ1v) is 11.3. The molecule has 0 bridgehead atoms. The molecule has 0 saturated carbocycles.